The van der Waals surface area contributed by atoms with Crippen LogP contribution in [0.3, 0.4) is 0 Å². The number of alkyl halides is 1. The van der Waals surface area contributed by atoms with Crippen molar-refractivity contribution in [2.75, 3.05) is 12.4 Å². The van der Waals surface area contributed by atoms with Crippen LogP contribution >= 0.6 is 11.6 Å². The van der Waals surface area contributed by atoms with Crippen LogP contribution in [0.4, 0.5) is 5.82 Å². The van der Waals surface area contributed by atoms with Crippen molar-refractivity contribution in [3.8, 4) is 0 Å². The summed E-state index contributed by atoms with van der Waals surface area (Å²) in [5.74, 6) is 1.42. The number of rotatable bonds is 2. The van der Waals surface area contributed by atoms with Gasteiger partial charge in [0.25, 0.3) is 0 Å². The zero-order valence-electron chi connectivity index (χ0n) is 6.69. The molecule has 0 aliphatic carbocycles. The number of hydrogen-bond acceptors (Lipinski definition) is 2. The number of pyridine rings is 1. The SMILES string of the molecule is CNc1ccc(CCl)c(C)n1. The van der Waals surface area contributed by atoms with Crippen molar-refractivity contribution in [2.24, 2.45) is 0 Å². The second kappa shape index (κ2) is 3.58. The third-order valence-electron chi connectivity index (χ3n) is 1.60. The van der Waals surface area contributed by atoms with Crippen LogP contribution in [0.15, 0.2) is 12.1 Å². The molecule has 0 aromatic carbocycles. The van der Waals surface area contributed by atoms with Gasteiger partial charge in [0.1, 0.15) is 5.82 Å². The largest absolute Gasteiger partial charge is 0.373 e. The van der Waals surface area contributed by atoms with Crippen LogP contribution in [0.25, 0.3) is 0 Å². The highest BCUT2D eigenvalue weighted by Crippen LogP contribution is 2.11. The molecular weight excluding hydrogens is 160 g/mol. The molecule has 0 spiro atoms. The molecule has 1 aromatic heterocycles. The summed E-state index contributed by atoms with van der Waals surface area (Å²) < 4.78 is 0. The first kappa shape index (κ1) is 8.34. The molecular formula is C8H11ClN2. The highest BCUT2D eigenvalue weighted by atomic mass is 35.5. The summed E-state index contributed by atoms with van der Waals surface area (Å²) in [5.41, 5.74) is 2.08. The van der Waals surface area contributed by atoms with Gasteiger partial charge < -0.3 is 5.32 Å². The molecule has 0 amide bonds. The summed E-state index contributed by atoms with van der Waals surface area (Å²) >= 11 is 5.67. The molecule has 11 heavy (non-hydrogen) atoms. The summed E-state index contributed by atoms with van der Waals surface area (Å²) in [6.07, 6.45) is 0. The summed E-state index contributed by atoms with van der Waals surface area (Å²) in [6.45, 7) is 1.96. The van der Waals surface area contributed by atoms with Gasteiger partial charge in [-0.1, -0.05) is 6.07 Å². The topological polar surface area (TPSA) is 24.9 Å². The second-order valence-corrected chi connectivity index (χ2v) is 2.59. The Balaban J connectivity index is 2.99. The molecule has 0 aliphatic rings. The van der Waals surface area contributed by atoms with E-state index in [1.807, 2.05) is 26.1 Å². The fourth-order valence-electron chi connectivity index (χ4n) is 0.870. The van der Waals surface area contributed by atoms with E-state index in [9.17, 15) is 0 Å². The van der Waals surface area contributed by atoms with E-state index in [0.717, 1.165) is 17.1 Å². The Labute approximate surface area is 71.6 Å². The molecule has 0 radical (unpaired) electrons. The summed E-state index contributed by atoms with van der Waals surface area (Å²) in [4.78, 5) is 4.27. The average Bonchev–Trinajstić information content (AvgIpc) is 2.04. The molecule has 60 valence electrons. The fourth-order valence-corrected chi connectivity index (χ4v) is 1.15. The van der Waals surface area contributed by atoms with E-state index >= 15 is 0 Å². The van der Waals surface area contributed by atoms with Crippen molar-refractivity contribution < 1.29 is 0 Å². The van der Waals surface area contributed by atoms with Crippen molar-refractivity contribution in [1.82, 2.24) is 4.98 Å². The molecule has 1 rings (SSSR count). The number of nitrogens with zero attached hydrogens (tertiary/aromatic N) is 1. The highest BCUT2D eigenvalue weighted by Gasteiger charge is 1.97. The van der Waals surface area contributed by atoms with E-state index < -0.39 is 0 Å². The summed E-state index contributed by atoms with van der Waals surface area (Å²) in [7, 11) is 1.85. The van der Waals surface area contributed by atoms with E-state index in [1.165, 1.54) is 0 Å². The summed E-state index contributed by atoms with van der Waals surface area (Å²) in [6, 6.07) is 3.91. The fraction of sp³-hybridized carbons (Fsp3) is 0.375. The van der Waals surface area contributed by atoms with E-state index in [2.05, 4.69) is 10.3 Å². The maximum atomic E-state index is 5.67. The van der Waals surface area contributed by atoms with Crippen molar-refractivity contribution in [1.29, 1.82) is 0 Å². The van der Waals surface area contributed by atoms with Crippen LogP contribution in [0.5, 0.6) is 0 Å². The van der Waals surface area contributed by atoms with Gasteiger partial charge in [-0.15, -0.1) is 11.6 Å². The molecule has 0 aliphatic heterocycles. The van der Waals surface area contributed by atoms with Crippen LogP contribution in [-0.4, -0.2) is 12.0 Å². The van der Waals surface area contributed by atoms with Crippen LogP contribution in [0.2, 0.25) is 0 Å². The van der Waals surface area contributed by atoms with Gasteiger partial charge in [0.15, 0.2) is 0 Å². The number of anilines is 1. The van der Waals surface area contributed by atoms with Gasteiger partial charge in [-0.25, -0.2) is 4.98 Å². The Kier molecular flexibility index (Phi) is 2.71. The number of hydrogen-bond donors (Lipinski definition) is 1. The molecule has 0 unspecified atom stereocenters. The first-order valence-corrected chi connectivity index (χ1v) is 4.01. The minimum atomic E-state index is 0.531. The second-order valence-electron chi connectivity index (χ2n) is 2.32. The predicted octanol–water partition coefficient (Wildman–Crippen LogP) is 2.17. The van der Waals surface area contributed by atoms with Gasteiger partial charge in [-0.3, -0.25) is 0 Å². The average molecular weight is 171 g/mol. The first-order valence-electron chi connectivity index (χ1n) is 3.48. The standard InChI is InChI=1S/C8H11ClN2/c1-6-7(5-9)3-4-8(10-2)11-6/h3-4H,5H2,1-2H3,(H,10,11). The van der Waals surface area contributed by atoms with Gasteiger partial charge in [0.2, 0.25) is 0 Å². The normalized spacial score (nSPS) is 9.73. The van der Waals surface area contributed by atoms with E-state index in [4.69, 9.17) is 11.6 Å². The van der Waals surface area contributed by atoms with Crippen LogP contribution in [0.1, 0.15) is 11.3 Å². The van der Waals surface area contributed by atoms with E-state index in [-0.39, 0.29) is 0 Å². The van der Waals surface area contributed by atoms with E-state index in [1.54, 1.807) is 0 Å². The Morgan fingerprint density at radius 3 is 2.73 bits per heavy atom. The molecule has 0 atom stereocenters. The molecule has 0 saturated heterocycles. The van der Waals surface area contributed by atoms with Crippen LogP contribution in [-0.2, 0) is 5.88 Å². The molecule has 1 N–H and O–H groups in total. The van der Waals surface area contributed by atoms with Crippen LogP contribution < -0.4 is 5.32 Å². The van der Waals surface area contributed by atoms with Gasteiger partial charge in [-0.05, 0) is 18.6 Å². The quantitative estimate of drug-likeness (QED) is 0.689. The molecule has 0 saturated carbocycles. The Morgan fingerprint density at radius 1 is 1.55 bits per heavy atom. The molecule has 0 bridgehead atoms. The summed E-state index contributed by atoms with van der Waals surface area (Å²) in [5, 5.41) is 2.96. The Morgan fingerprint density at radius 2 is 2.27 bits per heavy atom. The van der Waals surface area contributed by atoms with Crippen LogP contribution in [0, 0.1) is 6.92 Å². The number of nitrogens with one attached hydrogen (secondary N) is 1. The van der Waals surface area contributed by atoms with Gasteiger partial charge in [-0.2, -0.15) is 0 Å². The van der Waals surface area contributed by atoms with Crippen molar-refractivity contribution in [3.05, 3.63) is 23.4 Å². The lowest BCUT2D eigenvalue weighted by Crippen LogP contribution is -1.96. The third-order valence-corrected chi connectivity index (χ3v) is 1.88. The Hall–Kier alpha value is -0.760. The Bertz CT molecular complexity index is 248. The number of halogens is 1. The minimum absolute atomic E-state index is 0.531. The lowest BCUT2D eigenvalue weighted by molar-refractivity contribution is 1.13. The third kappa shape index (κ3) is 1.84. The zero-order chi connectivity index (χ0) is 8.27. The monoisotopic (exact) mass is 170 g/mol. The molecule has 0 fully saturated rings. The van der Waals surface area contributed by atoms with Crippen molar-refractivity contribution in [2.45, 2.75) is 12.8 Å². The molecule has 1 heterocycles. The molecule has 3 heteroatoms. The maximum absolute atomic E-state index is 5.67. The first-order chi connectivity index (χ1) is 5.27. The number of aryl methyl sites for hydroxylation is 1. The lowest BCUT2D eigenvalue weighted by atomic mass is 10.2. The minimum Gasteiger partial charge on any atom is -0.373 e. The highest BCUT2D eigenvalue weighted by molar-refractivity contribution is 6.17. The maximum Gasteiger partial charge on any atom is 0.125 e. The lowest BCUT2D eigenvalue weighted by Gasteiger charge is -2.03. The molecule has 1 aromatic rings. The zero-order valence-corrected chi connectivity index (χ0v) is 7.44. The predicted molar refractivity (Wildman–Crippen MR) is 48.1 cm³/mol. The van der Waals surface area contributed by atoms with Gasteiger partial charge >= 0.3 is 0 Å². The van der Waals surface area contributed by atoms with Crippen molar-refractivity contribution >= 4 is 17.4 Å². The van der Waals surface area contributed by atoms with E-state index in [0.29, 0.717) is 5.88 Å². The van der Waals surface area contributed by atoms with Crippen molar-refractivity contribution in [3.63, 3.8) is 0 Å². The number of aromatic nitrogens is 1. The molecule has 2 nitrogen and oxygen atoms in total. The van der Waals surface area contributed by atoms with Gasteiger partial charge in [0, 0.05) is 18.6 Å². The van der Waals surface area contributed by atoms with Gasteiger partial charge in [0.05, 0.1) is 0 Å². The smallest absolute Gasteiger partial charge is 0.125 e.